The van der Waals surface area contributed by atoms with Crippen LogP contribution in [-0.2, 0) is 38.5 Å². The molecule has 8 bridgehead atoms. The molecule has 0 aromatic carbocycles. The van der Waals surface area contributed by atoms with Crippen LogP contribution in [0.4, 0.5) is 0 Å². The second-order valence-electron chi connectivity index (χ2n) is 10.8. The zero-order chi connectivity index (χ0) is 27.8. The lowest BCUT2D eigenvalue weighted by atomic mass is 9.98. The van der Waals surface area contributed by atoms with E-state index in [9.17, 15) is 0 Å². The van der Waals surface area contributed by atoms with E-state index >= 15 is 0 Å². The van der Waals surface area contributed by atoms with E-state index in [2.05, 4.69) is 88.5 Å². The predicted molar refractivity (Wildman–Crippen MR) is 170 cm³/mol. The Morgan fingerprint density at radius 3 is 1.23 bits per heavy atom. The number of nitrogens with zero attached hydrogens (tertiary/aromatic N) is 1. The van der Waals surface area contributed by atoms with E-state index in [0.717, 1.165) is 62.8 Å². The molecule has 0 unspecified atom stereocenters. The number of allylic oxidation sites excluding steroid dienone is 2. The highest BCUT2D eigenvalue weighted by Gasteiger charge is 2.23. The summed E-state index contributed by atoms with van der Waals surface area (Å²) in [6, 6.07) is 7.07. The smallest absolute Gasteiger partial charge is 0.0910 e. The summed E-state index contributed by atoms with van der Waals surface area (Å²) in [5.41, 5.74) is 20.9. The fourth-order valence-corrected chi connectivity index (χ4v) is 7.15. The molecule has 1 aliphatic rings. The Morgan fingerprint density at radius 1 is 0.436 bits per heavy atom. The van der Waals surface area contributed by atoms with Gasteiger partial charge in [-0.1, -0.05) is 55.4 Å². The molecule has 4 aromatic heterocycles. The number of hydrogen-bond acceptors (Lipinski definition) is 1. The van der Waals surface area contributed by atoms with Crippen LogP contribution in [0.2, 0.25) is 0 Å². The number of hydrogen-bond donors (Lipinski definition) is 3. The van der Waals surface area contributed by atoms with Crippen LogP contribution in [0.1, 0.15) is 113 Å². The largest absolute Gasteiger partial charge is 0.355 e. The summed E-state index contributed by atoms with van der Waals surface area (Å²) < 4.78 is 0. The number of aryl methyl sites for hydroxylation is 6. The van der Waals surface area contributed by atoms with E-state index in [1.54, 1.807) is 0 Å². The molecule has 206 valence electrons. The van der Waals surface area contributed by atoms with Gasteiger partial charge >= 0.3 is 0 Å². The van der Waals surface area contributed by atoms with Crippen molar-refractivity contribution in [3.8, 4) is 0 Å². The van der Waals surface area contributed by atoms with Crippen molar-refractivity contribution in [1.82, 2.24) is 19.9 Å². The van der Waals surface area contributed by atoms with Crippen molar-refractivity contribution in [2.24, 2.45) is 0 Å². The third-order valence-corrected chi connectivity index (χ3v) is 8.93. The monoisotopic (exact) mass is 522 g/mol. The van der Waals surface area contributed by atoms with Crippen molar-refractivity contribution in [2.45, 2.75) is 107 Å². The van der Waals surface area contributed by atoms with Gasteiger partial charge in [0.1, 0.15) is 0 Å². The Balaban J connectivity index is 2.10. The van der Waals surface area contributed by atoms with E-state index in [0.29, 0.717) is 0 Å². The predicted octanol–water partition coefficient (Wildman–Crippen LogP) is 9.63. The van der Waals surface area contributed by atoms with Gasteiger partial charge in [0.05, 0.1) is 16.9 Å². The van der Waals surface area contributed by atoms with E-state index < -0.39 is 0 Å². The first-order chi connectivity index (χ1) is 19.0. The summed E-state index contributed by atoms with van der Waals surface area (Å²) in [5, 5.41) is 0. The minimum absolute atomic E-state index is 0.979. The fraction of sp³-hybridized carbons (Fsp3) is 0.457. The minimum Gasteiger partial charge on any atom is -0.355 e. The average molecular weight is 523 g/mol. The standard InChI is InChI=1S/C35H46N4/c1-9-20-22(11-3)30-18-32-24(13-5)26(15-7)34(38-32)35-27(16-8)25(14-6)33(39-35)19-31-23(12-4)21(10-2)29(37-31)17-28(20)36-30/h17-19,36-38H,9-16H2,1-8H3. The van der Waals surface area contributed by atoms with E-state index in [1.807, 2.05) is 0 Å². The summed E-state index contributed by atoms with van der Waals surface area (Å²) >= 11 is 0. The first-order valence-corrected chi connectivity index (χ1v) is 15.4. The minimum atomic E-state index is 0.979. The van der Waals surface area contributed by atoms with Gasteiger partial charge in [-0.3, -0.25) is 0 Å². The van der Waals surface area contributed by atoms with Crippen LogP contribution in [0, 0.1) is 0 Å². The van der Waals surface area contributed by atoms with Crippen molar-refractivity contribution in [2.75, 3.05) is 0 Å². The van der Waals surface area contributed by atoms with Gasteiger partial charge in [-0.05, 0) is 114 Å². The van der Waals surface area contributed by atoms with Crippen molar-refractivity contribution in [3.05, 3.63) is 63.0 Å². The van der Waals surface area contributed by atoms with E-state index in [-0.39, 0.29) is 0 Å². The topological polar surface area (TPSA) is 60.3 Å². The highest BCUT2D eigenvalue weighted by Crippen LogP contribution is 2.39. The number of H-pyrrole nitrogens is 3. The highest BCUT2D eigenvalue weighted by atomic mass is 14.8. The highest BCUT2D eigenvalue weighted by molar-refractivity contribution is 5.98. The quantitative estimate of drug-likeness (QED) is 0.212. The molecular formula is C35H46N4. The molecule has 5 rings (SSSR count). The molecule has 1 aliphatic heterocycles. The maximum Gasteiger partial charge on any atom is 0.0910 e. The van der Waals surface area contributed by atoms with Crippen LogP contribution >= 0.6 is 0 Å². The summed E-state index contributed by atoms with van der Waals surface area (Å²) in [6.45, 7) is 18.2. The van der Waals surface area contributed by atoms with Crippen molar-refractivity contribution >= 4 is 44.2 Å². The molecule has 0 fully saturated rings. The first kappa shape index (κ1) is 27.3. The van der Waals surface area contributed by atoms with Gasteiger partial charge < -0.3 is 15.0 Å². The van der Waals surface area contributed by atoms with Gasteiger partial charge in [-0.25, -0.2) is 4.98 Å². The Bertz CT molecular complexity index is 1680. The lowest BCUT2D eigenvalue weighted by Crippen LogP contribution is -1.89. The van der Waals surface area contributed by atoms with Crippen LogP contribution in [0.3, 0.4) is 0 Å². The third kappa shape index (κ3) is 4.33. The third-order valence-electron chi connectivity index (χ3n) is 8.93. The summed E-state index contributed by atoms with van der Waals surface area (Å²) in [4.78, 5) is 17.0. The molecule has 0 saturated heterocycles. The van der Waals surface area contributed by atoms with Gasteiger partial charge in [0, 0.05) is 27.6 Å². The van der Waals surface area contributed by atoms with Crippen LogP contribution in [0.5, 0.6) is 0 Å². The summed E-state index contributed by atoms with van der Waals surface area (Å²) in [6.07, 6.45) is 7.97. The van der Waals surface area contributed by atoms with Crippen molar-refractivity contribution < 1.29 is 0 Å². The Hall–Kier alpha value is -3.27. The van der Waals surface area contributed by atoms with Gasteiger partial charge in [-0.15, -0.1) is 0 Å². The summed E-state index contributed by atoms with van der Waals surface area (Å²) in [7, 11) is 0. The number of fused-ring (bicyclic) bond motifs is 9. The number of rotatable bonds is 8. The van der Waals surface area contributed by atoms with Gasteiger partial charge in [0.15, 0.2) is 0 Å². The molecule has 0 aliphatic carbocycles. The van der Waals surface area contributed by atoms with Crippen LogP contribution in [-0.4, -0.2) is 19.9 Å². The molecular weight excluding hydrogens is 476 g/mol. The summed E-state index contributed by atoms with van der Waals surface area (Å²) in [5.74, 6) is 0. The number of nitrogens with one attached hydrogen (secondary N) is 3. The van der Waals surface area contributed by atoms with E-state index in [1.165, 1.54) is 77.6 Å². The van der Waals surface area contributed by atoms with Crippen LogP contribution in [0.15, 0.2) is 18.2 Å². The molecule has 3 N–H and O–H groups in total. The molecule has 4 nitrogen and oxygen atoms in total. The molecule has 0 saturated carbocycles. The lowest BCUT2D eigenvalue weighted by Gasteiger charge is -2.05. The van der Waals surface area contributed by atoms with Crippen molar-refractivity contribution in [1.29, 1.82) is 0 Å². The zero-order valence-corrected chi connectivity index (χ0v) is 25.3. The van der Waals surface area contributed by atoms with Crippen LogP contribution in [0.25, 0.3) is 44.2 Å². The number of aromatic nitrogens is 4. The van der Waals surface area contributed by atoms with E-state index in [4.69, 9.17) is 4.98 Å². The molecule has 4 aromatic rings. The normalized spacial score (nSPS) is 12.8. The van der Waals surface area contributed by atoms with Gasteiger partial charge in [-0.2, -0.15) is 0 Å². The zero-order valence-electron chi connectivity index (χ0n) is 25.3. The average Bonchev–Trinajstić information content (AvgIpc) is 3.67. The first-order valence-electron chi connectivity index (χ1n) is 15.4. The second-order valence-corrected chi connectivity index (χ2v) is 10.8. The van der Waals surface area contributed by atoms with Crippen LogP contribution < -0.4 is 0 Å². The van der Waals surface area contributed by atoms with Gasteiger partial charge in [0.2, 0.25) is 0 Å². The molecule has 0 atom stereocenters. The molecule has 5 heterocycles. The fourth-order valence-electron chi connectivity index (χ4n) is 7.15. The molecule has 39 heavy (non-hydrogen) atoms. The van der Waals surface area contributed by atoms with Gasteiger partial charge in [0.25, 0.3) is 0 Å². The Morgan fingerprint density at radius 2 is 0.821 bits per heavy atom. The SMILES string of the molecule is CCC1=C(CC)c2nc1cc1[nH]c(cc3[nH]c(cc4[nH]c2c(CC)c4CC)c(CC)c3CC)c(CC)c1CC. The second kappa shape index (κ2) is 11.1. The molecule has 0 amide bonds. The Labute approximate surface area is 233 Å². The molecule has 4 heteroatoms. The lowest BCUT2D eigenvalue weighted by molar-refractivity contribution is 1.07. The maximum absolute atomic E-state index is 5.39. The maximum atomic E-state index is 5.39. The Kier molecular flexibility index (Phi) is 7.75. The number of aromatic amines is 3. The molecule has 0 spiro atoms. The van der Waals surface area contributed by atoms with Crippen molar-refractivity contribution in [3.63, 3.8) is 0 Å². The molecule has 0 radical (unpaired) electrons.